The number of nitrogens with zero attached hydrogens (tertiary/aromatic N) is 2. The first-order valence-electron chi connectivity index (χ1n) is 10.0. The van der Waals surface area contributed by atoms with Gasteiger partial charge < -0.3 is 25.0 Å². The lowest BCUT2D eigenvalue weighted by molar-refractivity contribution is 0.140. The minimum Gasteiger partial charge on any atom is -0.488 e. The monoisotopic (exact) mass is 376 g/mol. The van der Waals surface area contributed by atoms with Crippen LogP contribution in [-0.2, 0) is 11.3 Å². The van der Waals surface area contributed by atoms with E-state index in [-0.39, 0.29) is 6.10 Å². The van der Waals surface area contributed by atoms with Crippen LogP contribution in [0.4, 0.5) is 0 Å². The van der Waals surface area contributed by atoms with Gasteiger partial charge in [0, 0.05) is 44.7 Å². The standard InChI is InChI=1S/C21H36N4O2/c1-6-17(3)25(5)11-10-23-21(22-4)24-14-18-8-7-16(2)13-20(18)27-19-9-12-26-15-19/h7-8,13,17,19H,6,9-12,14-15H2,1-5H3,(H2,22,23,24). The van der Waals surface area contributed by atoms with Crippen LogP contribution in [0, 0.1) is 6.92 Å². The Morgan fingerprint density at radius 2 is 2.22 bits per heavy atom. The number of guanidine groups is 1. The molecule has 2 atom stereocenters. The molecule has 1 aliphatic rings. The van der Waals surface area contributed by atoms with Gasteiger partial charge in [0.25, 0.3) is 0 Å². The van der Waals surface area contributed by atoms with E-state index in [4.69, 9.17) is 9.47 Å². The number of rotatable bonds is 9. The maximum atomic E-state index is 6.17. The van der Waals surface area contributed by atoms with Gasteiger partial charge in [0.05, 0.1) is 13.2 Å². The highest BCUT2D eigenvalue weighted by Crippen LogP contribution is 2.23. The number of hydrogen-bond donors (Lipinski definition) is 2. The number of likely N-dealkylation sites (N-methyl/N-ethyl adjacent to an activating group) is 1. The molecule has 2 rings (SSSR count). The lowest BCUT2D eigenvalue weighted by atomic mass is 10.1. The van der Waals surface area contributed by atoms with E-state index in [1.807, 2.05) is 0 Å². The van der Waals surface area contributed by atoms with E-state index in [0.29, 0.717) is 19.2 Å². The van der Waals surface area contributed by atoms with Crippen LogP contribution in [0.5, 0.6) is 5.75 Å². The second kappa shape index (κ2) is 11.1. The lowest BCUT2D eigenvalue weighted by Gasteiger charge is -2.24. The SMILES string of the molecule is CCC(C)N(C)CCNC(=NC)NCc1ccc(C)cc1OC1CCOC1. The molecule has 2 N–H and O–H groups in total. The summed E-state index contributed by atoms with van der Waals surface area (Å²) in [6.07, 6.45) is 2.26. The Hall–Kier alpha value is -1.79. The Kier molecular flexibility index (Phi) is 8.88. The molecular formula is C21H36N4O2. The summed E-state index contributed by atoms with van der Waals surface area (Å²) in [7, 11) is 3.96. The molecule has 1 aromatic rings. The molecule has 6 nitrogen and oxygen atoms in total. The predicted molar refractivity (Wildman–Crippen MR) is 112 cm³/mol. The van der Waals surface area contributed by atoms with E-state index in [1.54, 1.807) is 7.05 Å². The first-order chi connectivity index (χ1) is 13.0. The third-order valence-corrected chi connectivity index (χ3v) is 5.17. The number of benzene rings is 1. The van der Waals surface area contributed by atoms with Gasteiger partial charge in [-0.15, -0.1) is 0 Å². The number of ether oxygens (including phenoxy) is 2. The molecule has 0 spiro atoms. The molecule has 0 radical (unpaired) electrons. The zero-order valence-electron chi connectivity index (χ0n) is 17.5. The van der Waals surface area contributed by atoms with E-state index < -0.39 is 0 Å². The predicted octanol–water partition coefficient (Wildman–Crippen LogP) is 2.56. The largest absolute Gasteiger partial charge is 0.488 e. The molecule has 152 valence electrons. The first kappa shape index (κ1) is 21.5. The molecule has 27 heavy (non-hydrogen) atoms. The lowest BCUT2D eigenvalue weighted by Crippen LogP contribution is -2.42. The average molecular weight is 377 g/mol. The Morgan fingerprint density at radius 1 is 1.41 bits per heavy atom. The van der Waals surface area contributed by atoms with Crippen LogP contribution in [0.3, 0.4) is 0 Å². The molecule has 1 saturated heterocycles. The third kappa shape index (κ3) is 7.03. The van der Waals surface area contributed by atoms with Gasteiger partial charge in [-0.05, 0) is 38.9 Å². The fourth-order valence-corrected chi connectivity index (χ4v) is 2.99. The van der Waals surface area contributed by atoms with Crippen LogP contribution >= 0.6 is 0 Å². The van der Waals surface area contributed by atoms with Gasteiger partial charge in [0.15, 0.2) is 5.96 Å². The number of hydrogen-bond acceptors (Lipinski definition) is 4. The second-order valence-electron chi connectivity index (χ2n) is 7.31. The van der Waals surface area contributed by atoms with Gasteiger partial charge >= 0.3 is 0 Å². The van der Waals surface area contributed by atoms with Crippen molar-refractivity contribution >= 4 is 5.96 Å². The molecule has 6 heteroatoms. The van der Waals surface area contributed by atoms with E-state index in [1.165, 1.54) is 5.56 Å². The molecular weight excluding hydrogens is 340 g/mol. The van der Waals surface area contributed by atoms with Crippen LogP contribution in [0.2, 0.25) is 0 Å². The van der Waals surface area contributed by atoms with Gasteiger partial charge in [-0.3, -0.25) is 4.99 Å². The van der Waals surface area contributed by atoms with Gasteiger partial charge in [-0.1, -0.05) is 19.1 Å². The molecule has 1 heterocycles. The van der Waals surface area contributed by atoms with Gasteiger partial charge in [0.2, 0.25) is 0 Å². The molecule has 1 aliphatic heterocycles. The summed E-state index contributed by atoms with van der Waals surface area (Å²) in [5, 5.41) is 6.79. The van der Waals surface area contributed by atoms with Crippen molar-refractivity contribution in [3.05, 3.63) is 29.3 Å². The van der Waals surface area contributed by atoms with Crippen molar-refractivity contribution in [1.82, 2.24) is 15.5 Å². The first-order valence-corrected chi connectivity index (χ1v) is 10.0. The van der Waals surface area contributed by atoms with E-state index in [9.17, 15) is 0 Å². The minimum atomic E-state index is 0.152. The molecule has 0 saturated carbocycles. The Labute approximate surface area is 164 Å². The topological polar surface area (TPSA) is 58.1 Å². The molecule has 0 aliphatic carbocycles. The summed E-state index contributed by atoms with van der Waals surface area (Å²) in [5.74, 6) is 1.74. The van der Waals surface area contributed by atoms with Crippen LogP contribution in [-0.4, -0.2) is 63.4 Å². The third-order valence-electron chi connectivity index (χ3n) is 5.17. The van der Waals surface area contributed by atoms with Crippen LogP contribution in [0.1, 0.15) is 37.8 Å². The van der Waals surface area contributed by atoms with E-state index in [2.05, 4.69) is 66.5 Å². The van der Waals surface area contributed by atoms with Crippen molar-refractivity contribution in [2.24, 2.45) is 4.99 Å². The highest BCUT2D eigenvalue weighted by atomic mass is 16.5. The highest BCUT2D eigenvalue weighted by molar-refractivity contribution is 5.79. The summed E-state index contributed by atoms with van der Waals surface area (Å²) in [4.78, 5) is 6.69. The Bertz CT molecular complexity index is 600. The van der Waals surface area contributed by atoms with Crippen molar-refractivity contribution in [2.75, 3.05) is 40.4 Å². The van der Waals surface area contributed by atoms with E-state index >= 15 is 0 Å². The zero-order valence-corrected chi connectivity index (χ0v) is 17.5. The van der Waals surface area contributed by atoms with Crippen LogP contribution in [0.25, 0.3) is 0 Å². The van der Waals surface area contributed by atoms with Crippen molar-refractivity contribution in [3.8, 4) is 5.75 Å². The second-order valence-corrected chi connectivity index (χ2v) is 7.31. The molecule has 0 amide bonds. The molecule has 1 fully saturated rings. The van der Waals surface area contributed by atoms with Gasteiger partial charge in [-0.2, -0.15) is 0 Å². The molecule has 0 bridgehead atoms. The van der Waals surface area contributed by atoms with Crippen LogP contribution in [0.15, 0.2) is 23.2 Å². The van der Waals surface area contributed by atoms with Crippen molar-refractivity contribution in [3.63, 3.8) is 0 Å². The summed E-state index contributed by atoms with van der Waals surface area (Å²) < 4.78 is 11.6. The Morgan fingerprint density at radius 3 is 2.89 bits per heavy atom. The Balaban J connectivity index is 1.86. The zero-order chi connectivity index (χ0) is 19.6. The fourth-order valence-electron chi connectivity index (χ4n) is 2.99. The normalized spacial score (nSPS) is 18.6. The summed E-state index contributed by atoms with van der Waals surface area (Å²) >= 11 is 0. The maximum Gasteiger partial charge on any atom is 0.191 e. The number of aliphatic imine (C=N–C) groups is 1. The minimum absolute atomic E-state index is 0.152. The van der Waals surface area contributed by atoms with Gasteiger partial charge in [-0.25, -0.2) is 0 Å². The molecule has 2 unspecified atom stereocenters. The van der Waals surface area contributed by atoms with Crippen LogP contribution < -0.4 is 15.4 Å². The number of aryl methyl sites for hydroxylation is 1. The fraction of sp³-hybridized carbons (Fsp3) is 0.667. The number of nitrogens with one attached hydrogen (secondary N) is 2. The quantitative estimate of drug-likeness (QED) is 0.512. The van der Waals surface area contributed by atoms with Crippen molar-refractivity contribution in [1.29, 1.82) is 0 Å². The average Bonchev–Trinajstić information content (AvgIpc) is 3.17. The van der Waals surface area contributed by atoms with Gasteiger partial charge in [0.1, 0.15) is 11.9 Å². The molecule has 1 aromatic carbocycles. The van der Waals surface area contributed by atoms with Crippen molar-refractivity contribution < 1.29 is 9.47 Å². The highest BCUT2D eigenvalue weighted by Gasteiger charge is 2.18. The van der Waals surface area contributed by atoms with E-state index in [0.717, 1.165) is 49.8 Å². The van der Waals surface area contributed by atoms with Crippen molar-refractivity contribution in [2.45, 2.75) is 52.3 Å². The summed E-state index contributed by atoms with van der Waals surface area (Å²) in [6.45, 7) is 10.5. The summed E-state index contributed by atoms with van der Waals surface area (Å²) in [6, 6.07) is 6.93. The smallest absolute Gasteiger partial charge is 0.191 e. The molecule has 0 aromatic heterocycles. The maximum absolute atomic E-state index is 6.17. The summed E-state index contributed by atoms with van der Waals surface area (Å²) in [5.41, 5.74) is 2.33.